The summed E-state index contributed by atoms with van der Waals surface area (Å²) in [5.41, 5.74) is 0. The van der Waals surface area contributed by atoms with Gasteiger partial charge in [-0.15, -0.1) is 4.37 Å². The van der Waals surface area contributed by atoms with Gasteiger partial charge in [-0.1, -0.05) is 0 Å². The second-order valence-corrected chi connectivity index (χ2v) is 4.59. The second-order valence-electron chi connectivity index (χ2n) is 4.04. The largest absolute Gasteiger partial charge is 0.473 e. The second kappa shape index (κ2) is 7.82. The summed E-state index contributed by atoms with van der Waals surface area (Å²) in [5.74, 6) is 0.461. The first-order chi connectivity index (χ1) is 9.34. The fourth-order valence-electron chi connectivity index (χ4n) is 1.53. The molecule has 0 saturated carbocycles. The first kappa shape index (κ1) is 13.9. The van der Waals surface area contributed by atoms with Crippen LogP contribution in [0.4, 0.5) is 0 Å². The predicted octanol–water partition coefficient (Wildman–Crippen LogP) is 0.154. The van der Waals surface area contributed by atoms with Crippen LogP contribution < -0.4 is 10.1 Å². The Hall–Kier alpha value is -1.51. The summed E-state index contributed by atoms with van der Waals surface area (Å²) in [6, 6.07) is 1.90. The topological polar surface area (TPSA) is 85.1 Å². The predicted molar refractivity (Wildman–Crippen MR) is 71.1 cm³/mol. The molecular weight excluding hydrogens is 266 g/mol. The number of nitrogens with one attached hydrogen (secondary N) is 1. The van der Waals surface area contributed by atoms with E-state index in [0.717, 1.165) is 31.2 Å². The van der Waals surface area contributed by atoms with Gasteiger partial charge in [0.1, 0.15) is 18.9 Å². The lowest BCUT2D eigenvalue weighted by Gasteiger charge is -2.11. The van der Waals surface area contributed by atoms with Crippen LogP contribution in [0.1, 0.15) is 6.42 Å². The quantitative estimate of drug-likeness (QED) is 0.637. The monoisotopic (exact) mass is 283 g/mol. The average Bonchev–Trinajstić information content (AvgIpc) is 3.09. The van der Waals surface area contributed by atoms with E-state index in [9.17, 15) is 5.11 Å². The molecule has 1 atom stereocenters. The summed E-state index contributed by atoms with van der Waals surface area (Å²) in [5, 5.41) is 17.0. The highest BCUT2D eigenvalue weighted by molar-refractivity contribution is 6.99. The zero-order chi connectivity index (χ0) is 13.3. The van der Waals surface area contributed by atoms with Crippen molar-refractivity contribution in [1.82, 2.24) is 23.8 Å². The molecule has 0 radical (unpaired) electrons. The highest BCUT2D eigenvalue weighted by atomic mass is 32.1. The van der Waals surface area contributed by atoms with Gasteiger partial charge in [-0.25, -0.2) is 0 Å². The maximum absolute atomic E-state index is 9.68. The Kier molecular flexibility index (Phi) is 5.73. The molecule has 0 amide bonds. The minimum atomic E-state index is -0.550. The minimum absolute atomic E-state index is 0.220. The minimum Gasteiger partial charge on any atom is -0.473 e. The van der Waals surface area contributed by atoms with E-state index >= 15 is 0 Å². The van der Waals surface area contributed by atoms with Crippen molar-refractivity contribution in [3.63, 3.8) is 0 Å². The van der Waals surface area contributed by atoms with Crippen molar-refractivity contribution in [2.45, 2.75) is 19.1 Å². The number of nitrogens with zero attached hydrogens (tertiary/aromatic N) is 4. The molecule has 0 aromatic carbocycles. The van der Waals surface area contributed by atoms with Gasteiger partial charge in [-0.05, 0) is 19.0 Å². The Labute approximate surface area is 115 Å². The van der Waals surface area contributed by atoms with Crippen LogP contribution in [0.3, 0.4) is 0 Å². The Morgan fingerprint density at radius 2 is 2.47 bits per heavy atom. The zero-order valence-corrected chi connectivity index (χ0v) is 11.3. The highest BCUT2D eigenvalue weighted by Gasteiger charge is 2.05. The molecule has 0 aliphatic heterocycles. The van der Waals surface area contributed by atoms with Crippen LogP contribution in [-0.2, 0) is 6.54 Å². The van der Waals surface area contributed by atoms with Crippen molar-refractivity contribution in [2.24, 2.45) is 0 Å². The lowest BCUT2D eigenvalue weighted by atomic mass is 10.3. The molecule has 0 spiro atoms. The molecule has 0 saturated heterocycles. The third kappa shape index (κ3) is 5.33. The van der Waals surface area contributed by atoms with Gasteiger partial charge in [-0.2, -0.15) is 9.47 Å². The van der Waals surface area contributed by atoms with E-state index in [4.69, 9.17) is 4.74 Å². The molecule has 0 fully saturated rings. The van der Waals surface area contributed by atoms with E-state index in [1.807, 2.05) is 16.9 Å². The normalized spacial score (nSPS) is 12.5. The summed E-state index contributed by atoms with van der Waals surface area (Å²) < 4.78 is 14.8. The Morgan fingerprint density at radius 1 is 1.53 bits per heavy atom. The first-order valence-electron chi connectivity index (χ1n) is 6.11. The maximum atomic E-state index is 9.68. The van der Waals surface area contributed by atoms with Crippen LogP contribution in [0.5, 0.6) is 5.88 Å². The van der Waals surface area contributed by atoms with Crippen LogP contribution in [0.15, 0.2) is 24.7 Å². The molecule has 8 heteroatoms. The van der Waals surface area contributed by atoms with Crippen LogP contribution in [0.2, 0.25) is 0 Å². The van der Waals surface area contributed by atoms with Gasteiger partial charge in [0.05, 0.1) is 11.7 Å². The van der Waals surface area contributed by atoms with Gasteiger partial charge in [0, 0.05) is 25.5 Å². The highest BCUT2D eigenvalue weighted by Crippen LogP contribution is 2.04. The molecule has 0 bridgehead atoms. The van der Waals surface area contributed by atoms with E-state index in [-0.39, 0.29) is 6.61 Å². The molecule has 2 aromatic rings. The van der Waals surface area contributed by atoms with Crippen molar-refractivity contribution >= 4 is 11.7 Å². The first-order valence-corrected chi connectivity index (χ1v) is 6.84. The van der Waals surface area contributed by atoms with E-state index in [1.54, 1.807) is 6.20 Å². The Bertz CT molecular complexity index is 434. The number of hydrogen-bond acceptors (Lipinski definition) is 7. The third-order valence-corrected chi connectivity index (χ3v) is 2.91. The van der Waals surface area contributed by atoms with Gasteiger partial charge in [0.2, 0.25) is 5.88 Å². The van der Waals surface area contributed by atoms with Crippen molar-refractivity contribution in [3.8, 4) is 5.88 Å². The zero-order valence-electron chi connectivity index (χ0n) is 10.5. The standard InChI is InChI=1S/C11H17N5O2S/c17-10(9-18-11-8-14-19-15-11)7-12-3-1-5-16-6-2-4-13-16/h2,4,6,8,10,12,17H,1,3,5,7,9H2. The lowest BCUT2D eigenvalue weighted by Crippen LogP contribution is -2.32. The Morgan fingerprint density at radius 3 is 3.21 bits per heavy atom. The number of hydrogen-bond donors (Lipinski definition) is 2. The van der Waals surface area contributed by atoms with Crippen LogP contribution >= 0.6 is 11.7 Å². The summed E-state index contributed by atoms with van der Waals surface area (Å²) in [6.07, 6.45) is 5.65. The van der Waals surface area contributed by atoms with Gasteiger partial charge >= 0.3 is 0 Å². The number of aliphatic hydroxyl groups excluding tert-OH is 1. The van der Waals surface area contributed by atoms with E-state index < -0.39 is 6.10 Å². The third-order valence-electron chi connectivity index (χ3n) is 2.44. The lowest BCUT2D eigenvalue weighted by molar-refractivity contribution is 0.104. The van der Waals surface area contributed by atoms with Crippen LogP contribution in [0, 0.1) is 0 Å². The van der Waals surface area contributed by atoms with Crippen LogP contribution in [0.25, 0.3) is 0 Å². The SMILES string of the molecule is OC(CNCCCn1cccn1)COc1cnsn1. The average molecular weight is 283 g/mol. The number of aryl methyl sites for hydroxylation is 1. The molecule has 19 heavy (non-hydrogen) atoms. The van der Waals surface area contributed by atoms with Crippen molar-refractivity contribution in [3.05, 3.63) is 24.7 Å². The van der Waals surface area contributed by atoms with E-state index in [2.05, 4.69) is 19.2 Å². The molecule has 2 N–H and O–H groups in total. The summed E-state index contributed by atoms with van der Waals surface area (Å²) in [6.45, 7) is 2.42. The van der Waals surface area contributed by atoms with Crippen molar-refractivity contribution < 1.29 is 9.84 Å². The molecule has 2 heterocycles. The van der Waals surface area contributed by atoms with Crippen molar-refractivity contribution in [1.29, 1.82) is 0 Å². The number of aromatic nitrogens is 4. The van der Waals surface area contributed by atoms with Crippen molar-refractivity contribution in [2.75, 3.05) is 19.7 Å². The van der Waals surface area contributed by atoms with Gasteiger partial charge in [0.15, 0.2) is 0 Å². The Balaban J connectivity index is 1.48. The number of ether oxygens (including phenoxy) is 1. The van der Waals surface area contributed by atoms with Gasteiger partial charge in [-0.3, -0.25) is 4.68 Å². The molecule has 2 rings (SSSR count). The summed E-state index contributed by atoms with van der Waals surface area (Å²) >= 11 is 1.08. The molecular formula is C11H17N5O2S. The molecule has 1 unspecified atom stereocenters. The van der Waals surface area contributed by atoms with Crippen LogP contribution in [-0.4, -0.2) is 49.4 Å². The molecule has 104 valence electrons. The molecule has 2 aromatic heterocycles. The fraction of sp³-hybridized carbons (Fsp3) is 0.545. The number of rotatable bonds is 9. The summed E-state index contributed by atoms with van der Waals surface area (Å²) in [7, 11) is 0. The summed E-state index contributed by atoms with van der Waals surface area (Å²) in [4.78, 5) is 0. The fourth-order valence-corrected chi connectivity index (χ4v) is 1.89. The van der Waals surface area contributed by atoms with E-state index in [1.165, 1.54) is 6.20 Å². The smallest absolute Gasteiger partial charge is 0.245 e. The number of aliphatic hydroxyl groups is 1. The van der Waals surface area contributed by atoms with Gasteiger partial charge < -0.3 is 15.2 Å². The van der Waals surface area contributed by atoms with Gasteiger partial charge in [0.25, 0.3) is 0 Å². The maximum Gasteiger partial charge on any atom is 0.245 e. The molecule has 0 aliphatic carbocycles. The molecule has 0 aliphatic rings. The van der Waals surface area contributed by atoms with E-state index in [0.29, 0.717) is 12.4 Å². The molecule has 7 nitrogen and oxygen atoms in total.